The van der Waals surface area contributed by atoms with Crippen molar-refractivity contribution in [3.05, 3.63) is 74.8 Å². The molecule has 0 aliphatic carbocycles. The summed E-state index contributed by atoms with van der Waals surface area (Å²) in [5, 5.41) is 27.0. The Morgan fingerprint density at radius 3 is 1.36 bits per heavy atom. The smallest absolute Gasteiger partial charge is 0.263 e. The number of nitrogens with one attached hydrogen (secondary N) is 3. The molecule has 12 N–H and O–H groups in total. The van der Waals surface area contributed by atoms with Crippen molar-refractivity contribution in [2.24, 2.45) is 0 Å². The maximum absolute atomic E-state index is 12.3. The summed E-state index contributed by atoms with van der Waals surface area (Å²) in [6.07, 6.45) is 2.14. The molecule has 0 aliphatic rings. The largest absolute Gasteiger partial charge is 0.396 e. The van der Waals surface area contributed by atoms with Gasteiger partial charge >= 0.3 is 0 Å². The molecule has 0 spiro atoms. The quantitative estimate of drug-likeness (QED) is 0.0772. The van der Waals surface area contributed by atoms with Crippen LogP contribution in [0.2, 0.25) is 0 Å². The zero-order chi connectivity index (χ0) is 39.4. The molecule has 18 nitrogen and oxygen atoms in total. The Labute approximate surface area is 319 Å². The molecule has 3 aromatic heterocycles. The molecular formula is C29H39N9O9S6. The Hall–Kier alpha value is -4.14. The van der Waals surface area contributed by atoms with Gasteiger partial charge in [-0.15, -0.1) is 0 Å². The van der Waals surface area contributed by atoms with Crippen LogP contribution in [0, 0.1) is 6.92 Å². The Morgan fingerprint density at radius 1 is 0.585 bits per heavy atom. The molecule has 0 saturated carbocycles. The number of anilines is 6. The first-order valence-electron chi connectivity index (χ1n) is 15.1. The van der Waals surface area contributed by atoms with Gasteiger partial charge in [0.1, 0.15) is 17.5 Å². The second kappa shape index (κ2) is 19.3. The van der Waals surface area contributed by atoms with Gasteiger partial charge in [-0.25, -0.2) is 40.2 Å². The van der Waals surface area contributed by atoms with E-state index in [2.05, 4.69) is 29.1 Å². The normalized spacial score (nSPS) is 11.5. The lowest BCUT2D eigenvalue weighted by atomic mass is 10.2. The topological polar surface area (TPSA) is 316 Å². The fourth-order valence-corrected chi connectivity index (χ4v) is 10.2. The molecule has 3 heterocycles. The third kappa shape index (κ3) is 13.3. The Kier molecular flexibility index (Phi) is 15.7. The minimum absolute atomic E-state index is 0.0370. The second-order valence-corrected chi connectivity index (χ2v) is 18.9. The maximum Gasteiger partial charge on any atom is 0.263 e. The molecule has 0 atom stereocenters. The first kappa shape index (κ1) is 43.3. The fourth-order valence-electron chi connectivity index (χ4n) is 4.02. The number of rotatable bonds is 14. The number of aliphatic hydroxyl groups excluding tert-OH is 3. The minimum atomic E-state index is -3.68. The molecule has 53 heavy (non-hydrogen) atoms. The average molecular weight is 850 g/mol. The number of hydrogen-bond acceptors (Lipinski definition) is 18. The van der Waals surface area contributed by atoms with Gasteiger partial charge in [-0.3, -0.25) is 14.2 Å². The van der Waals surface area contributed by atoms with Crippen molar-refractivity contribution in [1.29, 1.82) is 0 Å². The van der Waals surface area contributed by atoms with Crippen LogP contribution >= 0.6 is 34.0 Å². The van der Waals surface area contributed by atoms with Crippen LogP contribution in [0.5, 0.6) is 0 Å². The molecular weight excluding hydrogens is 811 g/mol. The molecule has 5 aromatic rings. The number of nitrogens with two attached hydrogens (primary N) is 3. The summed E-state index contributed by atoms with van der Waals surface area (Å²) in [5.74, 6) is 0.742. The molecule has 0 unspecified atom stereocenters. The number of nitrogen functional groups attached to an aromatic ring is 3. The summed E-state index contributed by atoms with van der Waals surface area (Å²) in [7, 11) is -10.7. The monoisotopic (exact) mass is 849 g/mol. The molecule has 0 bridgehead atoms. The molecule has 0 amide bonds. The van der Waals surface area contributed by atoms with Crippen molar-refractivity contribution in [2.45, 2.75) is 36.0 Å². The van der Waals surface area contributed by atoms with E-state index < -0.39 is 30.1 Å². The van der Waals surface area contributed by atoms with Crippen LogP contribution in [-0.4, -0.2) is 81.6 Å². The number of hydrogen-bond donors (Lipinski definition) is 9. The van der Waals surface area contributed by atoms with Crippen molar-refractivity contribution < 1.29 is 40.6 Å². The van der Waals surface area contributed by atoms with Crippen LogP contribution in [0.3, 0.4) is 0 Å². The highest BCUT2D eigenvalue weighted by atomic mass is 32.2. The highest BCUT2D eigenvalue weighted by Crippen LogP contribution is 2.29. The minimum Gasteiger partial charge on any atom is -0.396 e. The Morgan fingerprint density at radius 2 is 0.962 bits per heavy atom. The van der Waals surface area contributed by atoms with E-state index in [1.54, 1.807) is 43.3 Å². The summed E-state index contributed by atoms with van der Waals surface area (Å²) < 4.78 is 77.3. The van der Waals surface area contributed by atoms with Crippen LogP contribution < -0.4 is 31.4 Å². The van der Waals surface area contributed by atoms with Crippen LogP contribution in [0.1, 0.15) is 20.2 Å². The van der Waals surface area contributed by atoms with Gasteiger partial charge in [0.05, 0.1) is 30.7 Å². The van der Waals surface area contributed by atoms with Gasteiger partial charge < -0.3 is 32.5 Å². The Bertz CT molecular complexity index is 2280. The van der Waals surface area contributed by atoms with Gasteiger partial charge in [0.2, 0.25) is 10.0 Å². The van der Waals surface area contributed by atoms with Gasteiger partial charge in [-0.2, -0.15) is 0 Å². The van der Waals surface area contributed by atoms with Gasteiger partial charge in [0.15, 0.2) is 15.4 Å². The van der Waals surface area contributed by atoms with E-state index in [0.29, 0.717) is 39.5 Å². The number of benzene rings is 2. The van der Waals surface area contributed by atoms with Crippen molar-refractivity contribution in [2.75, 3.05) is 57.4 Å². The lowest BCUT2D eigenvalue weighted by molar-refractivity contribution is 0.300. The van der Waals surface area contributed by atoms with Crippen LogP contribution in [0.4, 0.5) is 32.8 Å². The molecule has 0 saturated heterocycles. The molecule has 0 aliphatic heterocycles. The summed E-state index contributed by atoms with van der Waals surface area (Å²) >= 11 is 3.37. The van der Waals surface area contributed by atoms with Gasteiger partial charge in [0, 0.05) is 39.1 Å². The molecule has 2 aromatic carbocycles. The van der Waals surface area contributed by atoms with E-state index in [9.17, 15) is 25.3 Å². The van der Waals surface area contributed by atoms with E-state index in [4.69, 9.17) is 32.5 Å². The lowest BCUT2D eigenvalue weighted by Crippen LogP contribution is -2.14. The lowest BCUT2D eigenvalue weighted by Gasteiger charge is -2.07. The third-order valence-corrected chi connectivity index (χ3v) is 13.3. The highest BCUT2D eigenvalue weighted by molar-refractivity contribution is 7.93. The van der Waals surface area contributed by atoms with E-state index in [0.717, 1.165) is 40.3 Å². The number of sulfonamides is 3. The fraction of sp³-hybridized carbons (Fsp3) is 0.276. The summed E-state index contributed by atoms with van der Waals surface area (Å²) in [6, 6.07) is 14.7. The first-order chi connectivity index (χ1) is 24.9. The molecule has 5 rings (SSSR count). The third-order valence-electron chi connectivity index (χ3n) is 6.35. The molecule has 290 valence electrons. The van der Waals surface area contributed by atoms with Crippen molar-refractivity contribution >= 4 is 96.9 Å². The summed E-state index contributed by atoms with van der Waals surface area (Å²) in [5.41, 5.74) is 17.5. The zero-order valence-electron chi connectivity index (χ0n) is 28.3. The van der Waals surface area contributed by atoms with Gasteiger partial charge in [0.25, 0.3) is 20.0 Å². The van der Waals surface area contributed by atoms with E-state index in [1.807, 2.05) is 0 Å². The number of aromatic nitrogens is 3. The van der Waals surface area contributed by atoms with E-state index in [1.165, 1.54) is 18.2 Å². The number of aliphatic hydroxyl groups is 3. The van der Waals surface area contributed by atoms with E-state index >= 15 is 0 Å². The summed E-state index contributed by atoms with van der Waals surface area (Å²) in [4.78, 5) is 14.1. The SMILES string of the molecule is CS(=O)(=O)Nc1nc(N)c(CCO)s1.Cc1ccccc1S(=O)(=O)Nc1nc(N)c(CCO)s1.Nc1nc(NS(=O)(=O)c2ccccc2)sc1CCO. The predicted molar refractivity (Wildman–Crippen MR) is 210 cm³/mol. The van der Waals surface area contributed by atoms with Crippen molar-refractivity contribution in [3.63, 3.8) is 0 Å². The zero-order valence-corrected chi connectivity index (χ0v) is 33.2. The van der Waals surface area contributed by atoms with Crippen LogP contribution in [-0.2, 0) is 49.3 Å². The maximum atomic E-state index is 12.3. The average Bonchev–Trinajstić information content (AvgIpc) is 3.71. The van der Waals surface area contributed by atoms with Crippen LogP contribution in [0.15, 0.2) is 64.4 Å². The van der Waals surface area contributed by atoms with Gasteiger partial charge in [-0.05, 0) is 30.7 Å². The number of thiazole rings is 3. The van der Waals surface area contributed by atoms with Gasteiger partial charge in [-0.1, -0.05) is 70.4 Å². The summed E-state index contributed by atoms with van der Waals surface area (Å²) in [6.45, 7) is 1.57. The highest BCUT2D eigenvalue weighted by Gasteiger charge is 2.20. The predicted octanol–water partition coefficient (Wildman–Crippen LogP) is 2.06. The van der Waals surface area contributed by atoms with Crippen molar-refractivity contribution in [3.8, 4) is 0 Å². The van der Waals surface area contributed by atoms with E-state index in [-0.39, 0.29) is 62.5 Å². The van der Waals surface area contributed by atoms with Crippen molar-refractivity contribution in [1.82, 2.24) is 15.0 Å². The Balaban J connectivity index is 0.000000218. The molecule has 0 radical (unpaired) electrons. The molecule has 24 heteroatoms. The molecule has 0 fully saturated rings. The number of aryl methyl sites for hydroxylation is 1. The number of nitrogens with zero attached hydrogens (tertiary/aromatic N) is 3. The van der Waals surface area contributed by atoms with Crippen LogP contribution in [0.25, 0.3) is 0 Å². The standard InChI is InChI=1S/C12H15N3O3S2.C11H13N3O3S2.C6H11N3O3S2/c1-8-4-2-3-5-10(8)20(17,18)15-12-14-11(13)9(19-12)6-7-16;12-10-9(6-7-15)18-11(13-10)14-19(16,17)8-4-2-1-3-5-8;1-14(11,12)9-6-8-5(7)4(13-6)2-3-10/h2-5,16H,6-7,13H2,1H3,(H,14,15);1-5,15H,6-7,12H2,(H,13,14);10H,2-3,7H2,1H3,(H,8,9). The second-order valence-electron chi connectivity index (χ2n) is 10.6. The first-order valence-corrected chi connectivity index (χ1v) is 22.4.